The summed E-state index contributed by atoms with van der Waals surface area (Å²) in [4.78, 5) is 17.2. The molecule has 0 saturated carbocycles. The monoisotopic (exact) mass is 463 g/mol. The van der Waals surface area contributed by atoms with Crippen LogP contribution in [0.4, 0.5) is 5.69 Å². The maximum Gasteiger partial charge on any atom is 0.238 e. The number of hydrogen-bond donors (Lipinski definition) is 3. The number of anilines is 1. The van der Waals surface area contributed by atoms with Gasteiger partial charge in [0.25, 0.3) is 0 Å². The van der Waals surface area contributed by atoms with Crippen LogP contribution >= 0.6 is 23.4 Å². The standard InChI is InChI=1S/C24H22ClN5OS/c25-18-4-2-1-3-16(18)13-17-19(28-24(31)21-14-27-11-12-32-21)5-6-20-22(17)23(30-29-20)15-7-9-26-10-8-15/h1-10,21,27H,11-14H2,(H,28,31)(H,29,30). The summed E-state index contributed by atoms with van der Waals surface area (Å²) in [6.45, 7) is 1.61. The van der Waals surface area contributed by atoms with Crippen molar-refractivity contribution in [3.63, 3.8) is 0 Å². The molecule has 3 N–H and O–H groups in total. The number of nitrogens with zero attached hydrogens (tertiary/aromatic N) is 2. The van der Waals surface area contributed by atoms with E-state index in [4.69, 9.17) is 11.6 Å². The molecule has 1 atom stereocenters. The number of hydrogen-bond acceptors (Lipinski definition) is 5. The first-order valence-corrected chi connectivity index (χ1v) is 11.9. The van der Waals surface area contributed by atoms with Crippen LogP contribution in [-0.4, -0.2) is 45.2 Å². The van der Waals surface area contributed by atoms with E-state index >= 15 is 0 Å². The van der Waals surface area contributed by atoms with Gasteiger partial charge in [0.2, 0.25) is 5.91 Å². The molecule has 0 aliphatic carbocycles. The molecule has 1 saturated heterocycles. The SMILES string of the molecule is O=C(Nc1ccc2[nH]nc(-c3ccncc3)c2c1Cc1ccccc1Cl)C1CNCCS1. The Morgan fingerprint density at radius 1 is 1.16 bits per heavy atom. The summed E-state index contributed by atoms with van der Waals surface area (Å²) in [6, 6.07) is 15.6. The third kappa shape index (κ3) is 4.24. The first-order chi connectivity index (χ1) is 15.7. The lowest BCUT2D eigenvalue weighted by Crippen LogP contribution is -2.40. The van der Waals surface area contributed by atoms with Gasteiger partial charge in [-0.1, -0.05) is 29.8 Å². The number of amides is 1. The van der Waals surface area contributed by atoms with Crippen molar-refractivity contribution >= 4 is 45.9 Å². The molecular formula is C24H22ClN5OS. The smallest absolute Gasteiger partial charge is 0.238 e. The second kappa shape index (κ2) is 9.32. The van der Waals surface area contributed by atoms with Gasteiger partial charge in [-0.05, 0) is 41.5 Å². The Hall–Kier alpha value is -2.87. The molecule has 32 heavy (non-hydrogen) atoms. The number of nitrogens with one attached hydrogen (secondary N) is 3. The van der Waals surface area contributed by atoms with Gasteiger partial charge in [0.05, 0.1) is 10.8 Å². The van der Waals surface area contributed by atoms with E-state index in [-0.39, 0.29) is 11.2 Å². The number of halogens is 1. The van der Waals surface area contributed by atoms with Crippen LogP contribution in [0.5, 0.6) is 0 Å². The first-order valence-electron chi connectivity index (χ1n) is 10.5. The quantitative estimate of drug-likeness (QED) is 0.405. The lowest BCUT2D eigenvalue weighted by Gasteiger charge is -2.22. The molecule has 2 aromatic heterocycles. The molecule has 6 nitrogen and oxygen atoms in total. The number of carbonyl (C=O) groups excluding carboxylic acids is 1. The molecule has 162 valence electrons. The molecular weight excluding hydrogens is 442 g/mol. The maximum absolute atomic E-state index is 13.0. The highest BCUT2D eigenvalue weighted by Gasteiger charge is 2.24. The zero-order chi connectivity index (χ0) is 21.9. The second-order valence-corrected chi connectivity index (χ2v) is 9.36. The van der Waals surface area contributed by atoms with E-state index in [0.717, 1.165) is 51.3 Å². The fraction of sp³-hybridized carbons (Fsp3) is 0.208. The predicted molar refractivity (Wildman–Crippen MR) is 131 cm³/mol. The number of carbonyl (C=O) groups is 1. The number of thioether (sulfide) groups is 1. The zero-order valence-electron chi connectivity index (χ0n) is 17.3. The van der Waals surface area contributed by atoms with Gasteiger partial charge in [-0.15, -0.1) is 11.8 Å². The van der Waals surface area contributed by atoms with Crippen LogP contribution in [0.2, 0.25) is 5.02 Å². The van der Waals surface area contributed by atoms with E-state index in [1.54, 1.807) is 24.2 Å². The Morgan fingerprint density at radius 3 is 2.78 bits per heavy atom. The molecule has 0 bridgehead atoms. The average Bonchev–Trinajstić information content (AvgIpc) is 3.27. The Kier molecular flexibility index (Phi) is 6.12. The first kappa shape index (κ1) is 21.0. The number of fused-ring (bicyclic) bond motifs is 1. The molecule has 0 radical (unpaired) electrons. The minimum Gasteiger partial charge on any atom is -0.325 e. The van der Waals surface area contributed by atoms with Crippen LogP contribution in [0, 0.1) is 0 Å². The lowest BCUT2D eigenvalue weighted by atomic mass is 9.96. The van der Waals surface area contributed by atoms with E-state index < -0.39 is 0 Å². The number of aromatic amines is 1. The summed E-state index contributed by atoms with van der Waals surface area (Å²) in [5, 5.41) is 15.8. The van der Waals surface area contributed by atoms with Crippen molar-refractivity contribution in [2.45, 2.75) is 11.7 Å². The van der Waals surface area contributed by atoms with Gasteiger partial charge in [0, 0.05) is 59.3 Å². The summed E-state index contributed by atoms with van der Waals surface area (Å²) in [7, 11) is 0. The molecule has 1 unspecified atom stereocenters. The Balaban J connectivity index is 1.62. The largest absolute Gasteiger partial charge is 0.325 e. The fourth-order valence-corrected chi connectivity index (χ4v) is 5.18. The number of aromatic nitrogens is 3. The van der Waals surface area contributed by atoms with Crippen molar-refractivity contribution in [3.05, 3.63) is 77.1 Å². The Labute approximate surface area is 195 Å². The molecule has 2 aromatic carbocycles. The molecule has 1 amide bonds. The molecule has 1 aliphatic rings. The van der Waals surface area contributed by atoms with Gasteiger partial charge in [-0.2, -0.15) is 5.10 Å². The van der Waals surface area contributed by atoms with Crippen LogP contribution in [0.1, 0.15) is 11.1 Å². The van der Waals surface area contributed by atoms with Crippen LogP contribution < -0.4 is 10.6 Å². The normalized spacial score (nSPS) is 16.2. The van der Waals surface area contributed by atoms with E-state index in [2.05, 4.69) is 25.8 Å². The minimum absolute atomic E-state index is 0.0101. The summed E-state index contributed by atoms with van der Waals surface area (Å²) in [6.07, 6.45) is 4.07. The third-order valence-electron chi connectivity index (χ3n) is 5.59. The van der Waals surface area contributed by atoms with Crippen LogP contribution in [0.25, 0.3) is 22.2 Å². The molecule has 1 fully saturated rings. The van der Waals surface area contributed by atoms with E-state index in [9.17, 15) is 4.79 Å². The summed E-state index contributed by atoms with van der Waals surface area (Å²) >= 11 is 8.19. The van der Waals surface area contributed by atoms with Gasteiger partial charge in [-0.3, -0.25) is 14.9 Å². The Bertz CT molecular complexity index is 1250. The highest BCUT2D eigenvalue weighted by atomic mass is 35.5. The summed E-state index contributed by atoms with van der Waals surface area (Å²) < 4.78 is 0. The minimum atomic E-state index is -0.114. The fourth-order valence-electron chi connectivity index (χ4n) is 3.98. The lowest BCUT2D eigenvalue weighted by molar-refractivity contribution is -0.115. The van der Waals surface area contributed by atoms with Crippen molar-refractivity contribution in [1.82, 2.24) is 20.5 Å². The topological polar surface area (TPSA) is 82.7 Å². The van der Waals surface area contributed by atoms with E-state index in [1.165, 1.54) is 0 Å². The highest BCUT2D eigenvalue weighted by Crippen LogP contribution is 2.36. The van der Waals surface area contributed by atoms with Crippen molar-refractivity contribution < 1.29 is 4.79 Å². The second-order valence-electron chi connectivity index (χ2n) is 7.64. The van der Waals surface area contributed by atoms with Crippen molar-refractivity contribution in [2.24, 2.45) is 0 Å². The third-order valence-corrected chi connectivity index (χ3v) is 7.19. The average molecular weight is 464 g/mol. The van der Waals surface area contributed by atoms with Gasteiger partial charge in [0.1, 0.15) is 5.69 Å². The molecule has 3 heterocycles. The number of pyridine rings is 1. The van der Waals surface area contributed by atoms with Crippen LogP contribution in [0.15, 0.2) is 60.9 Å². The molecule has 8 heteroatoms. The maximum atomic E-state index is 13.0. The number of H-pyrrole nitrogens is 1. The van der Waals surface area contributed by atoms with Crippen LogP contribution in [0.3, 0.4) is 0 Å². The Morgan fingerprint density at radius 2 is 2.00 bits per heavy atom. The summed E-state index contributed by atoms with van der Waals surface area (Å²) in [5.41, 5.74) is 5.46. The highest BCUT2D eigenvalue weighted by molar-refractivity contribution is 8.00. The van der Waals surface area contributed by atoms with Gasteiger partial charge in [-0.25, -0.2) is 0 Å². The molecule has 1 aliphatic heterocycles. The van der Waals surface area contributed by atoms with Crippen molar-refractivity contribution in [2.75, 3.05) is 24.2 Å². The van der Waals surface area contributed by atoms with E-state index in [1.807, 2.05) is 48.5 Å². The molecule has 0 spiro atoms. The van der Waals surface area contributed by atoms with Crippen molar-refractivity contribution in [1.29, 1.82) is 0 Å². The summed E-state index contributed by atoms with van der Waals surface area (Å²) in [5.74, 6) is 0.938. The predicted octanol–water partition coefficient (Wildman–Crippen LogP) is 4.51. The van der Waals surface area contributed by atoms with Gasteiger partial charge < -0.3 is 10.6 Å². The number of benzene rings is 2. The molecule has 5 rings (SSSR count). The van der Waals surface area contributed by atoms with Gasteiger partial charge in [0.15, 0.2) is 0 Å². The molecule has 4 aromatic rings. The zero-order valence-corrected chi connectivity index (χ0v) is 18.8. The van der Waals surface area contributed by atoms with Gasteiger partial charge >= 0.3 is 0 Å². The van der Waals surface area contributed by atoms with E-state index in [0.29, 0.717) is 18.0 Å². The number of rotatable bonds is 5. The van der Waals surface area contributed by atoms with Crippen LogP contribution in [-0.2, 0) is 11.2 Å². The van der Waals surface area contributed by atoms with Crippen molar-refractivity contribution in [3.8, 4) is 11.3 Å².